The molecule has 0 heterocycles. The van der Waals surface area contributed by atoms with Crippen molar-refractivity contribution in [2.24, 2.45) is 0 Å². The van der Waals surface area contributed by atoms with Gasteiger partial charge in [0, 0.05) is 11.4 Å². The molecule has 0 amide bonds. The summed E-state index contributed by atoms with van der Waals surface area (Å²) in [6.45, 7) is 0. The highest BCUT2D eigenvalue weighted by molar-refractivity contribution is 6.30. The van der Waals surface area contributed by atoms with E-state index < -0.39 is 5.54 Å². The number of nitriles is 1. The van der Waals surface area contributed by atoms with E-state index in [0.29, 0.717) is 11.4 Å². The van der Waals surface area contributed by atoms with Crippen molar-refractivity contribution in [3.8, 4) is 6.07 Å². The molecule has 22 heavy (non-hydrogen) atoms. The molecule has 2 rings (SSSR count). The third-order valence-corrected chi connectivity index (χ3v) is 4.05. The van der Waals surface area contributed by atoms with Gasteiger partial charge >= 0.3 is 0 Å². The van der Waals surface area contributed by atoms with Gasteiger partial charge in [0.15, 0.2) is 0 Å². The summed E-state index contributed by atoms with van der Waals surface area (Å²) in [5.41, 5.74) is 1.38. The first-order valence-electron chi connectivity index (χ1n) is 7.15. The minimum absolute atomic E-state index is 0.604. The Balaban J connectivity index is 2.29. The summed E-state index contributed by atoms with van der Waals surface area (Å²) in [5.74, 6) is 0. The predicted molar refractivity (Wildman–Crippen MR) is 92.5 cm³/mol. The molecule has 0 aliphatic heterocycles. The first-order chi connectivity index (χ1) is 10.6. The molecule has 2 aromatic rings. The van der Waals surface area contributed by atoms with Gasteiger partial charge in [0.25, 0.3) is 0 Å². The molecule has 2 aromatic carbocycles. The van der Waals surface area contributed by atoms with Crippen molar-refractivity contribution in [1.29, 1.82) is 5.26 Å². The summed E-state index contributed by atoms with van der Waals surface area (Å²) in [7, 11) is 3.85. The highest BCUT2D eigenvalue weighted by Gasteiger charge is 2.33. The van der Waals surface area contributed by atoms with E-state index in [0.717, 1.165) is 11.1 Å². The fourth-order valence-electron chi connectivity index (χ4n) is 2.42. The molecule has 112 valence electrons. The Morgan fingerprint density at radius 3 is 2.27 bits per heavy atom. The zero-order valence-electron chi connectivity index (χ0n) is 12.8. The topological polar surface area (TPSA) is 27.0 Å². The second-order valence-electron chi connectivity index (χ2n) is 5.39. The number of nitrogens with zero attached hydrogens (tertiary/aromatic N) is 2. The molecule has 1 unspecified atom stereocenters. The Labute approximate surface area is 137 Å². The standard InChI is InChI=1S/C19H19ClN2/c1-22(2)19(15-21,17-10-12-18(20)13-11-17)14-6-9-16-7-4-3-5-8-16/h3-13H,14H2,1-2H3. The van der Waals surface area contributed by atoms with Crippen LogP contribution in [0.3, 0.4) is 0 Å². The van der Waals surface area contributed by atoms with Gasteiger partial charge in [-0.1, -0.05) is 66.2 Å². The van der Waals surface area contributed by atoms with E-state index in [-0.39, 0.29) is 0 Å². The molecule has 3 heteroatoms. The summed E-state index contributed by atoms with van der Waals surface area (Å²) in [6, 6.07) is 20.0. The molecule has 0 aromatic heterocycles. The van der Waals surface area contributed by atoms with Gasteiger partial charge in [-0.25, -0.2) is 0 Å². The maximum absolute atomic E-state index is 9.81. The van der Waals surface area contributed by atoms with Gasteiger partial charge in [0.2, 0.25) is 0 Å². The van der Waals surface area contributed by atoms with Gasteiger partial charge < -0.3 is 0 Å². The molecule has 0 radical (unpaired) electrons. The Hall–Kier alpha value is -2.08. The van der Waals surface area contributed by atoms with Crippen LogP contribution in [0.25, 0.3) is 6.08 Å². The Kier molecular flexibility index (Phi) is 5.38. The lowest BCUT2D eigenvalue weighted by Gasteiger charge is -2.33. The smallest absolute Gasteiger partial charge is 0.137 e. The Morgan fingerprint density at radius 2 is 1.73 bits per heavy atom. The van der Waals surface area contributed by atoms with Crippen molar-refractivity contribution in [2.45, 2.75) is 12.0 Å². The molecule has 0 fully saturated rings. The molecule has 0 saturated heterocycles. The zero-order chi connectivity index (χ0) is 16.0. The summed E-state index contributed by atoms with van der Waals surface area (Å²) < 4.78 is 0. The van der Waals surface area contributed by atoms with E-state index in [2.05, 4.69) is 6.07 Å². The van der Waals surface area contributed by atoms with Crippen molar-refractivity contribution >= 4 is 17.7 Å². The average Bonchev–Trinajstić information content (AvgIpc) is 2.53. The molecule has 1 atom stereocenters. The second-order valence-corrected chi connectivity index (χ2v) is 5.83. The molecule has 0 aliphatic carbocycles. The van der Waals surface area contributed by atoms with Crippen LogP contribution in [0.1, 0.15) is 17.5 Å². The largest absolute Gasteiger partial charge is 0.288 e. The number of hydrogen-bond donors (Lipinski definition) is 0. The summed E-state index contributed by atoms with van der Waals surface area (Å²) >= 11 is 5.96. The van der Waals surface area contributed by atoms with Crippen molar-refractivity contribution in [3.05, 3.63) is 76.8 Å². The molecular weight excluding hydrogens is 292 g/mol. The minimum Gasteiger partial charge on any atom is -0.288 e. The van der Waals surface area contributed by atoms with Crippen LogP contribution in [-0.4, -0.2) is 19.0 Å². The van der Waals surface area contributed by atoms with Gasteiger partial charge in [0.1, 0.15) is 5.54 Å². The van der Waals surface area contributed by atoms with Gasteiger partial charge in [-0.05, 0) is 37.4 Å². The lowest BCUT2D eigenvalue weighted by Crippen LogP contribution is -2.39. The van der Waals surface area contributed by atoms with Gasteiger partial charge in [-0.3, -0.25) is 4.90 Å². The molecule has 0 N–H and O–H groups in total. The lowest BCUT2D eigenvalue weighted by atomic mass is 9.86. The number of hydrogen-bond acceptors (Lipinski definition) is 2. The van der Waals surface area contributed by atoms with Crippen LogP contribution in [0, 0.1) is 11.3 Å². The molecule has 0 aliphatic rings. The van der Waals surface area contributed by atoms with Crippen molar-refractivity contribution in [2.75, 3.05) is 14.1 Å². The summed E-state index contributed by atoms with van der Waals surface area (Å²) in [4.78, 5) is 1.95. The number of benzene rings is 2. The maximum atomic E-state index is 9.81. The van der Waals surface area contributed by atoms with Crippen LogP contribution >= 0.6 is 11.6 Å². The third-order valence-electron chi connectivity index (χ3n) is 3.79. The van der Waals surface area contributed by atoms with E-state index in [1.807, 2.05) is 85.7 Å². The normalized spacial score (nSPS) is 14.0. The van der Waals surface area contributed by atoms with Crippen LogP contribution in [0.15, 0.2) is 60.7 Å². The van der Waals surface area contributed by atoms with E-state index in [1.165, 1.54) is 0 Å². The zero-order valence-corrected chi connectivity index (χ0v) is 13.6. The molecule has 2 nitrogen and oxygen atoms in total. The van der Waals surface area contributed by atoms with E-state index in [9.17, 15) is 5.26 Å². The summed E-state index contributed by atoms with van der Waals surface area (Å²) in [5, 5.41) is 10.5. The van der Waals surface area contributed by atoms with E-state index >= 15 is 0 Å². The SMILES string of the molecule is CN(C)C(C#N)(CC=Cc1ccccc1)c1ccc(Cl)cc1. The van der Waals surface area contributed by atoms with Crippen LogP contribution < -0.4 is 0 Å². The highest BCUT2D eigenvalue weighted by Crippen LogP contribution is 2.31. The monoisotopic (exact) mass is 310 g/mol. The quantitative estimate of drug-likeness (QED) is 0.798. The second kappa shape index (κ2) is 7.26. The number of rotatable bonds is 5. The Bertz CT molecular complexity index is 669. The van der Waals surface area contributed by atoms with Gasteiger partial charge in [0.05, 0.1) is 6.07 Å². The molecule has 0 spiro atoms. The first-order valence-corrected chi connectivity index (χ1v) is 7.52. The average molecular weight is 311 g/mol. The van der Waals surface area contributed by atoms with Crippen LogP contribution in [-0.2, 0) is 5.54 Å². The lowest BCUT2D eigenvalue weighted by molar-refractivity contribution is 0.221. The van der Waals surface area contributed by atoms with Crippen molar-refractivity contribution in [3.63, 3.8) is 0 Å². The fourth-order valence-corrected chi connectivity index (χ4v) is 2.55. The van der Waals surface area contributed by atoms with Crippen molar-refractivity contribution in [1.82, 2.24) is 4.90 Å². The maximum Gasteiger partial charge on any atom is 0.137 e. The molecule has 0 saturated carbocycles. The van der Waals surface area contributed by atoms with Crippen LogP contribution in [0.4, 0.5) is 0 Å². The number of halogens is 1. The van der Waals surface area contributed by atoms with Crippen LogP contribution in [0.5, 0.6) is 0 Å². The fraction of sp³-hybridized carbons (Fsp3) is 0.211. The predicted octanol–water partition coefficient (Wildman–Crippen LogP) is 4.72. The highest BCUT2D eigenvalue weighted by atomic mass is 35.5. The molecule has 0 bridgehead atoms. The third kappa shape index (κ3) is 3.57. The summed E-state index contributed by atoms with van der Waals surface area (Å²) in [6.07, 6.45) is 4.70. The van der Waals surface area contributed by atoms with Gasteiger partial charge in [-0.2, -0.15) is 5.26 Å². The van der Waals surface area contributed by atoms with E-state index in [4.69, 9.17) is 11.6 Å². The van der Waals surface area contributed by atoms with Gasteiger partial charge in [-0.15, -0.1) is 0 Å². The van der Waals surface area contributed by atoms with E-state index in [1.54, 1.807) is 0 Å². The Morgan fingerprint density at radius 1 is 1.09 bits per heavy atom. The van der Waals surface area contributed by atoms with Crippen LogP contribution in [0.2, 0.25) is 5.02 Å². The molecular formula is C19H19ClN2. The van der Waals surface area contributed by atoms with Crippen molar-refractivity contribution < 1.29 is 0 Å². The first kappa shape index (κ1) is 16.3. The minimum atomic E-state index is -0.699.